The molecule has 0 aliphatic carbocycles. The van der Waals surface area contributed by atoms with Gasteiger partial charge in [0.05, 0.1) is 0 Å². The summed E-state index contributed by atoms with van der Waals surface area (Å²) in [7, 11) is 0. The molecule has 0 radical (unpaired) electrons. The quantitative estimate of drug-likeness (QED) is 0.694. The summed E-state index contributed by atoms with van der Waals surface area (Å²) in [6, 6.07) is 0. The maximum atomic E-state index is 7.72. The molecular weight excluding hydrogens is 164 g/mol. The Morgan fingerprint density at radius 3 is 2.77 bits per heavy atom. The molecule has 0 saturated carbocycles. The second kappa shape index (κ2) is 3.98. The first-order chi connectivity index (χ1) is 6.11. The third-order valence-electron chi connectivity index (χ3n) is 1.79. The maximum absolute atomic E-state index is 7.72. The molecule has 0 atom stereocenters. The molecular formula is C9H14N4. The number of nitrogens with zero attached hydrogens (tertiary/aromatic N) is 2. The van der Waals surface area contributed by atoms with Gasteiger partial charge in [0, 0.05) is 5.71 Å². The maximum Gasteiger partial charge on any atom is 0.148 e. The highest BCUT2D eigenvalue weighted by Gasteiger charge is 2.04. The molecule has 0 spiro atoms. The van der Waals surface area contributed by atoms with Gasteiger partial charge in [0.25, 0.3) is 0 Å². The van der Waals surface area contributed by atoms with Crippen LogP contribution in [0.1, 0.15) is 26.6 Å². The number of nitrogens with one attached hydrogen (secondary N) is 2. The van der Waals surface area contributed by atoms with E-state index in [1.54, 1.807) is 0 Å². The molecule has 4 heteroatoms. The Bertz CT molecular complexity index is 308. The van der Waals surface area contributed by atoms with E-state index in [0.717, 1.165) is 5.57 Å². The zero-order chi connectivity index (χ0) is 9.84. The molecule has 2 N–H and O–H groups in total. The molecule has 0 bridgehead atoms. The fourth-order valence-corrected chi connectivity index (χ4v) is 1.02. The standard InChI is InChI=1S/C9H14N4/c1-6(2)9(10)7(3)4-8-11-5-12-13-8/h4-6,10H,1-3H3,(H,11,12,13)/b7-4-,10-9?. The van der Waals surface area contributed by atoms with Crippen molar-refractivity contribution in [2.24, 2.45) is 5.92 Å². The third kappa shape index (κ3) is 2.50. The summed E-state index contributed by atoms with van der Waals surface area (Å²) in [4.78, 5) is 3.96. The Morgan fingerprint density at radius 1 is 1.62 bits per heavy atom. The van der Waals surface area contributed by atoms with Gasteiger partial charge in [-0.15, -0.1) is 0 Å². The molecule has 1 aromatic rings. The van der Waals surface area contributed by atoms with E-state index in [-0.39, 0.29) is 5.92 Å². The number of rotatable bonds is 3. The fraction of sp³-hybridized carbons (Fsp3) is 0.444. The summed E-state index contributed by atoms with van der Waals surface area (Å²) in [5, 5.41) is 14.2. The topological polar surface area (TPSA) is 65.4 Å². The van der Waals surface area contributed by atoms with Crippen molar-refractivity contribution >= 4 is 11.8 Å². The van der Waals surface area contributed by atoms with Crippen LogP contribution in [0.5, 0.6) is 0 Å². The molecule has 13 heavy (non-hydrogen) atoms. The van der Waals surface area contributed by atoms with Gasteiger partial charge in [0.1, 0.15) is 12.2 Å². The molecule has 1 heterocycles. The van der Waals surface area contributed by atoms with Crippen molar-refractivity contribution < 1.29 is 0 Å². The normalized spacial score (nSPS) is 12.2. The lowest BCUT2D eigenvalue weighted by Crippen LogP contribution is -2.06. The van der Waals surface area contributed by atoms with E-state index in [0.29, 0.717) is 11.5 Å². The van der Waals surface area contributed by atoms with Crippen molar-refractivity contribution in [2.45, 2.75) is 20.8 Å². The number of allylic oxidation sites excluding steroid dienone is 1. The van der Waals surface area contributed by atoms with Gasteiger partial charge in [-0.2, -0.15) is 5.10 Å². The van der Waals surface area contributed by atoms with Gasteiger partial charge in [0.2, 0.25) is 0 Å². The smallest absolute Gasteiger partial charge is 0.148 e. The molecule has 4 nitrogen and oxygen atoms in total. The van der Waals surface area contributed by atoms with E-state index in [1.807, 2.05) is 26.8 Å². The summed E-state index contributed by atoms with van der Waals surface area (Å²) in [6.07, 6.45) is 3.29. The van der Waals surface area contributed by atoms with Crippen LogP contribution >= 0.6 is 0 Å². The summed E-state index contributed by atoms with van der Waals surface area (Å²) in [6.45, 7) is 5.91. The second-order valence-electron chi connectivity index (χ2n) is 3.27. The average molecular weight is 178 g/mol. The number of aromatic amines is 1. The molecule has 1 aromatic heterocycles. The predicted octanol–water partition coefficient (Wildman–Crippen LogP) is 1.88. The Balaban J connectivity index is 2.78. The number of hydrogen-bond donors (Lipinski definition) is 2. The van der Waals surface area contributed by atoms with Crippen LogP contribution in [0.25, 0.3) is 6.08 Å². The SMILES string of the molecule is C/C(=C/c1ncn[nH]1)C(=N)C(C)C. The molecule has 70 valence electrons. The molecule has 1 rings (SSSR count). The summed E-state index contributed by atoms with van der Waals surface area (Å²) in [5.41, 5.74) is 1.56. The second-order valence-corrected chi connectivity index (χ2v) is 3.27. The minimum Gasteiger partial charge on any atom is -0.305 e. The van der Waals surface area contributed by atoms with Gasteiger partial charge < -0.3 is 5.41 Å². The number of hydrogen-bond acceptors (Lipinski definition) is 3. The zero-order valence-electron chi connectivity index (χ0n) is 8.13. The van der Waals surface area contributed by atoms with Gasteiger partial charge in [-0.3, -0.25) is 5.10 Å². The monoisotopic (exact) mass is 178 g/mol. The van der Waals surface area contributed by atoms with Gasteiger partial charge in [-0.25, -0.2) is 4.98 Å². The lowest BCUT2D eigenvalue weighted by Gasteiger charge is -2.06. The number of aromatic nitrogens is 3. The van der Waals surface area contributed by atoms with E-state index >= 15 is 0 Å². The minimum atomic E-state index is 0.249. The van der Waals surface area contributed by atoms with E-state index in [4.69, 9.17) is 5.41 Å². The molecule has 0 aliphatic rings. The van der Waals surface area contributed by atoms with Crippen LogP contribution in [0.15, 0.2) is 11.9 Å². The molecule has 0 amide bonds. The zero-order valence-corrected chi connectivity index (χ0v) is 8.13. The Hall–Kier alpha value is -1.45. The highest BCUT2D eigenvalue weighted by molar-refractivity contribution is 6.01. The Morgan fingerprint density at radius 2 is 2.31 bits per heavy atom. The van der Waals surface area contributed by atoms with Gasteiger partial charge in [0.15, 0.2) is 0 Å². The van der Waals surface area contributed by atoms with E-state index in [2.05, 4.69) is 15.2 Å². The summed E-state index contributed by atoms with van der Waals surface area (Å²) < 4.78 is 0. The molecule has 0 fully saturated rings. The largest absolute Gasteiger partial charge is 0.305 e. The lowest BCUT2D eigenvalue weighted by atomic mass is 10.0. The van der Waals surface area contributed by atoms with Crippen LogP contribution in [-0.2, 0) is 0 Å². The molecule has 0 aromatic carbocycles. The van der Waals surface area contributed by atoms with Crippen LogP contribution in [0.4, 0.5) is 0 Å². The van der Waals surface area contributed by atoms with Crippen molar-refractivity contribution in [1.82, 2.24) is 15.2 Å². The summed E-state index contributed by atoms with van der Waals surface area (Å²) in [5.74, 6) is 0.946. The Kier molecular flexibility index (Phi) is 2.95. The summed E-state index contributed by atoms with van der Waals surface area (Å²) >= 11 is 0. The van der Waals surface area contributed by atoms with Crippen molar-refractivity contribution in [3.05, 3.63) is 17.7 Å². The Labute approximate surface area is 77.6 Å². The van der Waals surface area contributed by atoms with E-state index in [9.17, 15) is 0 Å². The minimum absolute atomic E-state index is 0.249. The van der Waals surface area contributed by atoms with E-state index in [1.165, 1.54) is 6.33 Å². The fourth-order valence-electron chi connectivity index (χ4n) is 1.02. The first-order valence-corrected chi connectivity index (χ1v) is 4.23. The van der Waals surface area contributed by atoms with Crippen LogP contribution in [0.2, 0.25) is 0 Å². The lowest BCUT2D eigenvalue weighted by molar-refractivity contribution is 0.875. The first-order valence-electron chi connectivity index (χ1n) is 4.23. The van der Waals surface area contributed by atoms with Gasteiger partial charge in [-0.05, 0) is 24.5 Å². The van der Waals surface area contributed by atoms with Crippen molar-refractivity contribution in [3.8, 4) is 0 Å². The first kappa shape index (κ1) is 9.64. The third-order valence-corrected chi connectivity index (χ3v) is 1.79. The molecule has 0 saturated heterocycles. The highest BCUT2D eigenvalue weighted by Crippen LogP contribution is 2.08. The van der Waals surface area contributed by atoms with Crippen molar-refractivity contribution in [1.29, 1.82) is 5.41 Å². The van der Waals surface area contributed by atoms with Crippen LogP contribution in [0.3, 0.4) is 0 Å². The average Bonchev–Trinajstić information content (AvgIpc) is 2.55. The van der Waals surface area contributed by atoms with Gasteiger partial charge >= 0.3 is 0 Å². The predicted molar refractivity (Wildman–Crippen MR) is 52.6 cm³/mol. The van der Waals surface area contributed by atoms with Crippen LogP contribution in [0, 0.1) is 11.3 Å². The molecule has 0 aliphatic heterocycles. The van der Waals surface area contributed by atoms with E-state index < -0.39 is 0 Å². The van der Waals surface area contributed by atoms with Crippen molar-refractivity contribution in [3.63, 3.8) is 0 Å². The van der Waals surface area contributed by atoms with Gasteiger partial charge in [-0.1, -0.05) is 13.8 Å². The highest BCUT2D eigenvalue weighted by atomic mass is 15.2. The van der Waals surface area contributed by atoms with Crippen LogP contribution in [-0.4, -0.2) is 20.9 Å². The molecule has 0 unspecified atom stereocenters. The van der Waals surface area contributed by atoms with Crippen LogP contribution < -0.4 is 0 Å². The number of H-pyrrole nitrogens is 1. The van der Waals surface area contributed by atoms with Crippen molar-refractivity contribution in [2.75, 3.05) is 0 Å².